The molecule has 0 saturated heterocycles. The Morgan fingerprint density at radius 3 is 2.65 bits per heavy atom. The maximum atomic E-state index is 12.6. The molecule has 4 heteroatoms. The van der Waals surface area contributed by atoms with Gasteiger partial charge in [-0.15, -0.1) is 0 Å². The third kappa shape index (κ3) is 2.80. The van der Waals surface area contributed by atoms with Crippen LogP contribution >= 0.6 is 0 Å². The number of para-hydroxylation sites is 1. The van der Waals surface area contributed by atoms with E-state index in [1.54, 1.807) is 14.2 Å². The van der Waals surface area contributed by atoms with Crippen molar-refractivity contribution in [3.8, 4) is 5.75 Å². The van der Waals surface area contributed by atoms with Gasteiger partial charge in [0.2, 0.25) is 5.91 Å². The van der Waals surface area contributed by atoms with E-state index in [1.165, 1.54) is 0 Å². The van der Waals surface area contributed by atoms with Gasteiger partial charge in [0.1, 0.15) is 5.75 Å². The Morgan fingerprint density at radius 1 is 1.30 bits per heavy atom. The summed E-state index contributed by atoms with van der Waals surface area (Å²) >= 11 is 0. The summed E-state index contributed by atoms with van der Waals surface area (Å²) in [5, 5.41) is 3.04. The van der Waals surface area contributed by atoms with Gasteiger partial charge in [0.15, 0.2) is 0 Å². The summed E-state index contributed by atoms with van der Waals surface area (Å²) in [7, 11) is 3.33. The van der Waals surface area contributed by atoms with Gasteiger partial charge < -0.3 is 14.8 Å². The number of carbonyl (C=O) groups is 1. The number of methoxy groups -OCH3 is 2. The van der Waals surface area contributed by atoms with Gasteiger partial charge in [0.05, 0.1) is 12.5 Å². The first-order valence-electron chi connectivity index (χ1n) is 7.15. The molecule has 110 valence electrons. The molecule has 0 atom stereocenters. The van der Waals surface area contributed by atoms with Crippen LogP contribution in [-0.4, -0.2) is 33.3 Å². The molecule has 4 nitrogen and oxygen atoms in total. The Balaban J connectivity index is 2.10. The highest BCUT2D eigenvalue weighted by Crippen LogP contribution is 2.47. The van der Waals surface area contributed by atoms with E-state index in [2.05, 4.69) is 5.32 Å². The first-order valence-corrected chi connectivity index (χ1v) is 7.15. The smallest absolute Gasteiger partial charge is 0.230 e. The molecule has 0 bridgehead atoms. The number of hydrogen-bond acceptors (Lipinski definition) is 3. The zero-order valence-corrected chi connectivity index (χ0v) is 12.3. The summed E-state index contributed by atoms with van der Waals surface area (Å²) in [5.41, 5.74) is 0.609. The van der Waals surface area contributed by atoms with Gasteiger partial charge in [-0.25, -0.2) is 0 Å². The molecule has 1 aromatic rings. The lowest BCUT2D eigenvalue weighted by Gasteiger charge is -2.41. The number of hydrogen-bond donors (Lipinski definition) is 1. The molecule has 2 rings (SSSR count). The van der Waals surface area contributed by atoms with Crippen molar-refractivity contribution in [2.45, 2.75) is 31.1 Å². The Bertz CT molecular complexity index is 455. The van der Waals surface area contributed by atoms with Crippen molar-refractivity contribution in [2.24, 2.45) is 0 Å². The first kappa shape index (κ1) is 14.9. The molecule has 0 aliphatic heterocycles. The number of carbonyl (C=O) groups excluding carboxylic acids is 1. The lowest BCUT2D eigenvalue weighted by atomic mass is 9.63. The molecule has 20 heavy (non-hydrogen) atoms. The highest BCUT2D eigenvalue weighted by atomic mass is 16.5. The van der Waals surface area contributed by atoms with Gasteiger partial charge in [0.25, 0.3) is 0 Å². The number of benzene rings is 1. The third-order valence-corrected chi connectivity index (χ3v) is 4.08. The van der Waals surface area contributed by atoms with Crippen LogP contribution in [0.15, 0.2) is 24.3 Å². The van der Waals surface area contributed by atoms with Crippen molar-refractivity contribution < 1.29 is 14.3 Å². The van der Waals surface area contributed by atoms with E-state index in [4.69, 9.17) is 9.47 Å². The molecule has 0 radical (unpaired) electrons. The molecule has 1 fully saturated rings. The maximum absolute atomic E-state index is 12.6. The summed E-state index contributed by atoms with van der Waals surface area (Å²) in [6.45, 7) is 1.32. The summed E-state index contributed by atoms with van der Waals surface area (Å²) in [5.74, 6) is 0.920. The Morgan fingerprint density at radius 2 is 2.05 bits per heavy atom. The summed E-state index contributed by atoms with van der Waals surface area (Å²) < 4.78 is 10.4. The minimum absolute atomic E-state index is 0.115. The van der Waals surface area contributed by atoms with Crippen LogP contribution in [0.25, 0.3) is 0 Å². The molecule has 1 aliphatic carbocycles. The van der Waals surface area contributed by atoms with Crippen molar-refractivity contribution in [3.63, 3.8) is 0 Å². The molecule has 0 aromatic heterocycles. The maximum Gasteiger partial charge on any atom is 0.230 e. The molecule has 0 unspecified atom stereocenters. The average molecular weight is 277 g/mol. The lowest BCUT2D eigenvalue weighted by Crippen LogP contribution is -2.49. The SMILES string of the molecule is COCCCNC(=O)C1(c2ccccc2OC)CCC1. The van der Waals surface area contributed by atoms with Crippen molar-refractivity contribution in [1.82, 2.24) is 5.32 Å². The van der Waals surface area contributed by atoms with Gasteiger partial charge in [-0.3, -0.25) is 4.79 Å². The van der Waals surface area contributed by atoms with Crippen molar-refractivity contribution in [2.75, 3.05) is 27.4 Å². The summed E-state index contributed by atoms with van der Waals surface area (Å²) in [6, 6.07) is 7.83. The molecule has 1 amide bonds. The Kier molecular flexibility index (Phi) is 5.01. The Labute approximate surface area is 120 Å². The van der Waals surface area contributed by atoms with E-state index in [1.807, 2.05) is 24.3 Å². The van der Waals surface area contributed by atoms with E-state index in [-0.39, 0.29) is 5.91 Å². The molecule has 1 saturated carbocycles. The molecular formula is C16H23NO3. The number of amides is 1. The minimum atomic E-state index is -0.403. The average Bonchev–Trinajstić information content (AvgIpc) is 2.43. The van der Waals surface area contributed by atoms with E-state index in [0.717, 1.165) is 37.0 Å². The third-order valence-electron chi connectivity index (χ3n) is 4.08. The van der Waals surface area contributed by atoms with E-state index >= 15 is 0 Å². The molecule has 0 heterocycles. The normalized spacial score (nSPS) is 16.3. The molecule has 1 aromatic carbocycles. The van der Waals surface area contributed by atoms with Gasteiger partial charge in [-0.2, -0.15) is 0 Å². The molecule has 0 spiro atoms. The lowest BCUT2D eigenvalue weighted by molar-refractivity contribution is -0.130. The number of ether oxygens (including phenoxy) is 2. The van der Waals surface area contributed by atoms with Crippen LogP contribution in [0.1, 0.15) is 31.2 Å². The zero-order valence-electron chi connectivity index (χ0n) is 12.3. The standard InChI is InChI=1S/C16H23NO3/c1-19-12-6-11-17-15(18)16(9-5-10-16)13-7-3-4-8-14(13)20-2/h3-4,7-8H,5-6,9-12H2,1-2H3,(H,17,18). The predicted molar refractivity (Wildman–Crippen MR) is 78.0 cm³/mol. The molecule has 1 aliphatic rings. The largest absolute Gasteiger partial charge is 0.496 e. The highest BCUT2D eigenvalue weighted by Gasteiger charge is 2.47. The van der Waals surface area contributed by atoms with E-state index in [0.29, 0.717) is 13.2 Å². The van der Waals surface area contributed by atoms with Gasteiger partial charge in [-0.05, 0) is 25.3 Å². The second-order valence-corrected chi connectivity index (χ2v) is 5.24. The van der Waals surface area contributed by atoms with Crippen LogP contribution in [0.2, 0.25) is 0 Å². The Hall–Kier alpha value is -1.55. The minimum Gasteiger partial charge on any atom is -0.496 e. The van der Waals surface area contributed by atoms with Crippen LogP contribution in [0, 0.1) is 0 Å². The second-order valence-electron chi connectivity index (χ2n) is 5.24. The van der Waals surface area contributed by atoms with Crippen LogP contribution in [0.4, 0.5) is 0 Å². The van der Waals surface area contributed by atoms with Gasteiger partial charge in [0, 0.05) is 25.8 Å². The van der Waals surface area contributed by atoms with Crippen LogP contribution in [-0.2, 0) is 14.9 Å². The molecular weight excluding hydrogens is 254 g/mol. The fraction of sp³-hybridized carbons (Fsp3) is 0.562. The van der Waals surface area contributed by atoms with Crippen molar-refractivity contribution in [1.29, 1.82) is 0 Å². The fourth-order valence-corrected chi connectivity index (χ4v) is 2.78. The summed E-state index contributed by atoms with van der Waals surface area (Å²) in [6.07, 6.45) is 3.71. The van der Waals surface area contributed by atoms with E-state index in [9.17, 15) is 4.79 Å². The van der Waals surface area contributed by atoms with Crippen LogP contribution in [0.3, 0.4) is 0 Å². The monoisotopic (exact) mass is 277 g/mol. The first-order chi connectivity index (χ1) is 9.74. The number of rotatable bonds is 7. The van der Waals surface area contributed by atoms with Gasteiger partial charge >= 0.3 is 0 Å². The summed E-state index contributed by atoms with van der Waals surface area (Å²) in [4.78, 5) is 12.6. The molecule has 1 N–H and O–H groups in total. The number of nitrogens with one attached hydrogen (secondary N) is 1. The zero-order chi connectivity index (χ0) is 14.4. The van der Waals surface area contributed by atoms with Crippen LogP contribution < -0.4 is 10.1 Å². The van der Waals surface area contributed by atoms with E-state index < -0.39 is 5.41 Å². The topological polar surface area (TPSA) is 47.6 Å². The van der Waals surface area contributed by atoms with Crippen molar-refractivity contribution in [3.05, 3.63) is 29.8 Å². The predicted octanol–water partition coefficient (Wildman–Crippen LogP) is 2.27. The quantitative estimate of drug-likeness (QED) is 0.778. The van der Waals surface area contributed by atoms with Gasteiger partial charge in [-0.1, -0.05) is 24.6 Å². The van der Waals surface area contributed by atoms with Crippen molar-refractivity contribution >= 4 is 5.91 Å². The second kappa shape index (κ2) is 6.75. The highest BCUT2D eigenvalue weighted by molar-refractivity contribution is 5.90. The van der Waals surface area contributed by atoms with Crippen LogP contribution in [0.5, 0.6) is 5.75 Å². The fourth-order valence-electron chi connectivity index (χ4n) is 2.78.